The maximum Gasteiger partial charge on any atom is 0.173 e. The summed E-state index contributed by atoms with van der Waals surface area (Å²) in [7, 11) is 2.16. The Morgan fingerprint density at radius 3 is 2.23 bits per heavy atom. The van der Waals surface area contributed by atoms with Gasteiger partial charge in [0.2, 0.25) is 0 Å². The lowest BCUT2D eigenvalue weighted by atomic mass is 9.83. The highest BCUT2D eigenvalue weighted by atomic mass is 32.2. The second-order valence-corrected chi connectivity index (χ2v) is 19.3. The van der Waals surface area contributed by atoms with Crippen LogP contribution < -0.4 is 9.80 Å². The summed E-state index contributed by atoms with van der Waals surface area (Å²) < 4.78 is 18.6. The number of thioether (sulfide) groups is 2. The first kappa shape index (κ1) is 43.1. The molecule has 0 radical (unpaired) electrons. The van der Waals surface area contributed by atoms with Crippen LogP contribution in [0.1, 0.15) is 82.2 Å². The van der Waals surface area contributed by atoms with Crippen LogP contribution in [-0.2, 0) is 53.1 Å². The molecule has 0 saturated carbocycles. The molecule has 4 aliphatic rings. The SMILES string of the molecule is CN1CCCN(c2nc(SCCc3ccccn3)c(C#N)c3c2COC(C)(Cc2cccc(C(=O)CSc4nc(N5CCOCC5)c5c(c4C#N)CC(C)(C)OC5)c2)C3)CC1. The molecule has 0 spiro atoms. The third-order valence-corrected chi connectivity index (χ3v) is 14.0. The molecule has 1 unspecified atom stereocenters. The number of ketones is 1. The summed E-state index contributed by atoms with van der Waals surface area (Å²) in [5.74, 6) is 2.61. The number of hydrogen-bond acceptors (Lipinski definition) is 14. The number of aryl methyl sites for hydroxylation is 1. The number of aromatic nitrogens is 3. The Morgan fingerprint density at radius 2 is 1.51 bits per heavy atom. The standard InChI is InChI=1S/C47H54N8O4S2/c1-46(2)25-35-37(27-48)45(52-43(39(35)29-58-46)55-18-20-57-21-19-55)61-31-41(56)33-10-7-9-32(23-33)24-47(3)26-36-38(28-49)44(60-22-12-34-11-5-6-13-50-34)51-42(40(36)30-59-47)54-15-8-14-53(4)16-17-54/h5-7,9-11,13,23H,8,12,14-22,24-26,29-31H2,1-4H3. The van der Waals surface area contributed by atoms with E-state index >= 15 is 0 Å². The monoisotopic (exact) mass is 858 g/mol. The van der Waals surface area contributed by atoms with Crippen LogP contribution in [-0.4, -0.2) is 108 Å². The molecule has 8 rings (SSSR count). The Labute approximate surface area is 368 Å². The molecule has 12 nitrogen and oxygen atoms in total. The van der Waals surface area contributed by atoms with Gasteiger partial charge in [-0.25, -0.2) is 9.97 Å². The van der Waals surface area contributed by atoms with E-state index in [9.17, 15) is 15.3 Å². The lowest BCUT2D eigenvalue weighted by Gasteiger charge is -2.38. The van der Waals surface area contributed by atoms with E-state index in [0.717, 1.165) is 94.9 Å². The van der Waals surface area contributed by atoms with Crippen molar-refractivity contribution in [2.75, 3.05) is 80.8 Å². The van der Waals surface area contributed by atoms with Gasteiger partial charge in [0.05, 0.1) is 54.5 Å². The largest absolute Gasteiger partial charge is 0.378 e. The van der Waals surface area contributed by atoms with Crippen molar-refractivity contribution in [3.8, 4) is 12.1 Å². The molecule has 318 valence electrons. The van der Waals surface area contributed by atoms with E-state index in [2.05, 4.69) is 45.8 Å². The molecule has 2 saturated heterocycles. The fourth-order valence-electron chi connectivity index (χ4n) is 8.79. The number of benzene rings is 1. The average molecular weight is 859 g/mol. The summed E-state index contributed by atoms with van der Waals surface area (Å²) in [5, 5.41) is 22.5. The molecule has 0 N–H and O–H groups in total. The van der Waals surface area contributed by atoms with Gasteiger partial charge in [-0.2, -0.15) is 10.5 Å². The number of nitrogens with zero attached hydrogens (tertiary/aromatic N) is 8. The zero-order valence-electron chi connectivity index (χ0n) is 35.7. The van der Waals surface area contributed by atoms with Gasteiger partial charge in [-0.15, -0.1) is 11.8 Å². The van der Waals surface area contributed by atoms with E-state index in [4.69, 9.17) is 24.2 Å². The lowest BCUT2D eigenvalue weighted by molar-refractivity contribution is -0.0536. The van der Waals surface area contributed by atoms with Crippen LogP contribution in [0.2, 0.25) is 0 Å². The zero-order valence-corrected chi connectivity index (χ0v) is 37.3. The van der Waals surface area contributed by atoms with Crippen LogP contribution >= 0.6 is 23.5 Å². The molecule has 14 heteroatoms. The maximum atomic E-state index is 13.9. The molecule has 61 heavy (non-hydrogen) atoms. The minimum atomic E-state index is -0.620. The quantitative estimate of drug-likeness (QED) is 0.109. The van der Waals surface area contributed by atoms with Crippen molar-refractivity contribution in [1.82, 2.24) is 19.9 Å². The number of ether oxygens (including phenoxy) is 3. The van der Waals surface area contributed by atoms with Gasteiger partial charge in [0.25, 0.3) is 0 Å². The number of morpholine rings is 1. The van der Waals surface area contributed by atoms with Crippen LogP contribution in [0.4, 0.5) is 11.6 Å². The number of nitriles is 2. The van der Waals surface area contributed by atoms with Crippen molar-refractivity contribution in [3.05, 3.63) is 98.9 Å². The molecular weight excluding hydrogens is 805 g/mol. The normalized spacial score (nSPS) is 20.2. The van der Waals surface area contributed by atoms with Gasteiger partial charge < -0.3 is 28.9 Å². The van der Waals surface area contributed by atoms with Gasteiger partial charge >= 0.3 is 0 Å². The van der Waals surface area contributed by atoms with Crippen LogP contribution in [0.3, 0.4) is 0 Å². The maximum absolute atomic E-state index is 13.9. The number of carbonyl (C=O) groups excluding carboxylic acids is 1. The van der Waals surface area contributed by atoms with Crippen molar-refractivity contribution >= 4 is 40.9 Å². The van der Waals surface area contributed by atoms with E-state index in [1.54, 1.807) is 11.8 Å². The number of carbonyl (C=O) groups is 1. The first-order valence-corrected chi connectivity index (χ1v) is 23.2. The minimum Gasteiger partial charge on any atom is -0.378 e. The second-order valence-electron chi connectivity index (χ2n) is 17.3. The van der Waals surface area contributed by atoms with Crippen LogP contribution in [0.5, 0.6) is 0 Å². The molecule has 4 aliphatic heterocycles. The van der Waals surface area contributed by atoms with E-state index in [0.29, 0.717) is 80.5 Å². The van der Waals surface area contributed by atoms with Crippen LogP contribution in [0, 0.1) is 22.7 Å². The Hall–Kier alpha value is -4.54. The summed E-state index contributed by atoms with van der Waals surface area (Å²) in [5.41, 5.74) is 6.68. The highest BCUT2D eigenvalue weighted by Crippen LogP contribution is 2.42. The predicted octanol–water partition coefficient (Wildman–Crippen LogP) is 6.83. The first-order chi connectivity index (χ1) is 29.5. The molecule has 2 fully saturated rings. The molecule has 3 aromatic heterocycles. The second kappa shape index (κ2) is 18.8. The summed E-state index contributed by atoms with van der Waals surface area (Å²) in [6.45, 7) is 13.3. The molecule has 7 heterocycles. The fourth-order valence-corrected chi connectivity index (χ4v) is 10.7. The fraction of sp³-hybridized carbons (Fsp3) is 0.489. The third kappa shape index (κ3) is 9.91. The summed E-state index contributed by atoms with van der Waals surface area (Å²) in [4.78, 5) is 35.7. The highest BCUT2D eigenvalue weighted by Gasteiger charge is 2.37. The third-order valence-electron chi connectivity index (χ3n) is 12.1. The number of likely N-dealkylation sites (N-methyl/N-ethyl adjacent to an activating group) is 1. The van der Waals surface area contributed by atoms with Crippen molar-refractivity contribution in [2.45, 2.75) is 87.3 Å². The predicted molar refractivity (Wildman–Crippen MR) is 239 cm³/mol. The molecule has 4 aromatic rings. The minimum absolute atomic E-state index is 0.0372. The van der Waals surface area contributed by atoms with Gasteiger partial charge in [-0.05, 0) is 82.1 Å². The zero-order chi connectivity index (χ0) is 42.6. The number of Topliss-reactive ketones (excluding diaryl/α,β-unsaturated/α-hetero) is 1. The van der Waals surface area contributed by atoms with Gasteiger partial charge in [0.1, 0.15) is 33.8 Å². The highest BCUT2D eigenvalue weighted by molar-refractivity contribution is 8.00. The number of pyridine rings is 3. The van der Waals surface area contributed by atoms with E-state index in [1.807, 2.05) is 62.5 Å². The van der Waals surface area contributed by atoms with E-state index < -0.39 is 11.2 Å². The topological polar surface area (TPSA) is 141 Å². The lowest BCUT2D eigenvalue weighted by Crippen LogP contribution is -2.40. The molecule has 0 bridgehead atoms. The van der Waals surface area contributed by atoms with Crippen LogP contribution in [0.15, 0.2) is 58.7 Å². The van der Waals surface area contributed by atoms with Gasteiger partial charge in [0, 0.05) is 86.3 Å². The van der Waals surface area contributed by atoms with Gasteiger partial charge in [-0.3, -0.25) is 9.78 Å². The smallest absolute Gasteiger partial charge is 0.173 e. The average Bonchev–Trinajstić information content (AvgIpc) is 3.49. The van der Waals surface area contributed by atoms with Crippen molar-refractivity contribution in [2.24, 2.45) is 0 Å². The Balaban J connectivity index is 1.02. The number of hydrogen-bond donors (Lipinski definition) is 0. The molecule has 1 aromatic carbocycles. The molecule has 1 atom stereocenters. The Morgan fingerprint density at radius 1 is 0.803 bits per heavy atom. The molecule has 0 amide bonds. The Bertz CT molecular complexity index is 2340. The summed E-state index contributed by atoms with van der Waals surface area (Å²) >= 11 is 2.95. The van der Waals surface area contributed by atoms with E-state index in [1.165, 1.54) is 11.8 Å². The number of fused-ring (bicyclic) bond motifs is 2. The van der Waals surface area contributed by atoms with Crippen molar-refractivity contribution in [3.63, 3.8) is 0 Å². The Kier molecular flexibility index (Phi) is 13.3. The van der Waals surface area contributed by atoms with E-state index in [-0.39, 0.29) is 11.5 Å². The van der Waals surface area contributed by atoms with Crippen LogP contribution in [0.25, 0.3) is 0 Å². The number of anilines is 2. The summed E-state index contributed by atoms with van der Waals surface area (Å²) in [6.07, 6.45) is 5.33. The summed E-state index contributed by atoms with van der Waals surface area (Å²) in [6, 6.07) is 18.7. The molecule has 0 aliphatic carbocycles. The number of rotatable bonds is 12. The van der Waals surface area contributed by atoms with Crippen molar-refractivity contribution < 1.29 is 19.0 Å². The van der Waals surface area contributed by atoms with Gasteiger partial charge in [0.15, 0.2) is 5.78 Å². The molecular formula is C47H54N8O4S2. The van der Waals surface area contributed by atoms with Crippen molar-refractivity contribution in [1.29, 1.82) is 10.5 Å². The first-order valence-electron chi connectivity index (χ1n) is 21.3. The van der Waals surface area contributed by atoms with Gasteiger partial charge in [-0.1, -0.05) is 36.0 Å².